The molecule has 1 amide bonds. The van der Waals surface area contributed by atoms with Crippen molar-refractivity contribution < 1.29 is 4.79 Å². The van der Waals surface area contributed by atoms with Gasteiger partial charge in [0.1, 0.15) is 0 Å². The van der Waals surface area contributed by atoms with E-state index in [2.05, 4.69) is 12.2 Å². The summed E-state index contributed by atoms with van der Waals surface area (Å²) < 4.78 is 0.142. The first-order valence-corrected chi connectivity index (χ1v) is 4.87. The SMILES string of the molecule is CN(C(=O)I)C1CC=CCC1. The van der Waals surface area contributed by atoms with Crippen LogP contribution in [0.3, 0.4) is 0 Å². The van der Waals surface area contributed by atoms with Crippen molar-refractivity contribution in [1.82, 2.24) is 4.90 Å². The minimum absolute atomic E-state index is 0.142. The summed E-state index contributed by atoms with van der Waals surface area (Å²) in [7, 11) is 1.87. The number of rotatable bonds is 1. The maximum Gasteiger partial charge on any atom is 0.283 e. The highest BCUT2D eigenvalue weighted by Crippen LogP contribution is 2.17. The van der Waals surface area contributed by atoms with Gasteiger partial charge in [0.05, 0.1) is 0 Å². The van der Waals surface area contributed by atoms with Crippen molar-refractivity contribution in [2.75, 3.05) is 7.05 Å². The Hall–Kier alpha value is -0.0600. The van der Waals surface area contributed by atoms with Gasteiger partial charge in [-0.2, -0.15) is 0 Å². The lowest BCUT2D eigenvalue weighted by atomic mass is 10.0. The van der Waals surface area contributed by atoms with Gasteiger partial charge < -0.3 is 4.90 Å². The van der Waals surface area contributed by atoms with Crippen molar-refractivity contribution in [3.63, 3.8) is 0 Å². The third-order valence-corrected chi connectivity index (χ3v) is 2.83. The van der Waals surface area contributed by atoms with Gasteiger partial charge in [0.25, 0.3) is 3.91 Å². The minimum Gasteiger partial charge on any atom is -0.334 e. The number of amides is 1. The molecule has 0 fully saturated rings. The number of carbonyl (C=O) groups excluding carboxylic acids is 1. The molecule has 62 valence electrons. The lowest BCUT2D eigenvalue weighted by molar-refractivity contribution is 0.214. The largest absolute Gasteiger partial charge is 0.334 e. The molecule has 0 N–H and O–H groups in total. The van der Waals surface area contributed by atoms with Crippen LogP contribution < -0.4 is 0 Å². The monoisotopic (exact) mass is 265 g/mol. The molecule has 11 heavy (non-hydrogen) atoms. The van der Waals surface area contributed by atoms with Crippen LogP contribution in [0.4, 0.5) is 4.79 Å². The van der Waals surface area contributed by atoms with Crippen LogP contribution in [0, 0.1) is 0 Å². The van der Waals surface area contributed by atoms with E-state index in [1.165, 1.54) is 0 Å². The lowest BCUT2D eigenvalue weighted by Crippen LogP contribution is -2.33. The molecule has 0 aromatic carbocycles. The van der Waals surface area contributed by atoms with Crippen molar-refractivity contribution in [2.24, 2.45) is 0 Å². The number of allylic oxidation sites excluding steroid dienone is 1. The van der Waals surface area contributed by atoms with Crippen LogP contribution in [0.5, 0.6) is 0 Å². The van der Waals surface area contributed by atoms with E-state index in [1.807, 2.05) is 34.5 Å². The highest BCUT2D eigenvalue weighted by molar-refractivity contribution is 14.1. The number of nitrogens with zero attached hydrogens (tertiary/aromatic N) is 1. The second-order valence-corrected chi connectivity index (χ2v) is 3.72. The van der Waals surface area contributed by atoms with Crippen molar-refractivity contribution in [1.29, 1.82) is 0 Å². The molecule has 2 nitrogen and oxygen atoms in total. The molecule has 1 aliphatic rings. The zero-order chi connectivity index (χ0) is 8.27. The topological polar surface area (TPSA) is 20.3 Å². The summed E-state index contributed by atoms with van der Waals surface area (Å²) in [4.78, 5) is 12.8. The zero-order valence-electron chi connectivity index (χ0n) is 6.59. The number of carbonyl (C=O) groups is 1. The first kappa shape index (κ1) is 9.03. The van der Waals surface area contributed by atoms with Gasteiger partial charge in [0, 0.05) is 35.7 Å². The van der Waals surface area contributed by atoms with E-state index in [1.54, 1.807) is 0 Å². The molecule has 0 spiro atoms. The lowest BCUT2D eigenvalue weighted by Gasteiger charge is -2.26. The predicted molar refractivity (Wildman–Crippen MR) is 54.0 cm³/mol. The average Bonchev–Trinajstić information content (AvgIpc) is 2.05. The van der Waals surface area contributed by atoms with E-state index in [0.29, 0.717) is 6.04 Å². The summed E-state index contributed by atoms with van der Waals surface area (Å²) in [6, 6.07) is 0.435. The van der Waals surface area contributed by atoms with Crippen molar-refractivity contribution >= 4 is 26.5 Å². The van der Waals surface area contributed by atoms with E-state index in [9.17, 15) is 4.79 Å². The normalized spacial score (nSPS) is 23.3. The summed E-state index contributed by atoms with van der Waals surface area (Å²) in [5.41, 5.74) is 0. The van der Waals surface area contributed by atoms with E-state index in [4.69, 9.17) is 0 Å². The van der Waals surface area contributed by atoms with Gasteiger partial charge in [-0.1, -0.05) is 12.2 Å². The molecule has 0 aromatic heterocycles. The third-order valence-electron chi connectivity index (χ3n) is 2.07. The van der Waals surface area contributed by atoms with E-state index < -0.39 is 0 Å². The molecular formula is C8H12INO. The molecule has 1 rings (SSSR count). The standard InChI is InChI=1S/C8H12INO/c1-10(8(9)11)7-5-3-2-4-6-7/h2-3,7H,4-6H2,1H3. The van der Waals surface area contributed by atoms with Crippen molar-refractivity contribution in [3.05, 3.63) is 12.2 Å². The number of halogens is 1. The Labute approximate surface area is 80.8 Å². The van der Waals surface area contributed by atoms with Crippen LogP contribution in [0.15, 0.2) is 12.2 Å². The smallest absolute Gasteiger partial charge is 0.283 e. The Balaban J connectivity index is 2.46. The molecular weight excluding hydrogens is 253 g/mol. The van der Waals surface area contributed by atoms with Crippen molar-refractivity contribution in [3.8, 4) is 0 Å². The Morgan fingerprint density at radius 2 is 2.36 bits per heavy atom. The molecule has 1 atom stereocenters. The minimum atomic E-state index is 0.142. The maximum atomic E-state index is 10.9. The first-order chi connectivity index (χ1) is 5.22. The van der Waals surface area contributed by atoms with Gasteiger partial charge >= 0.3 is 0 Å². The van der Waals surface area contributed by atoms with E-state index in [-0.39, 0.29) is 3.91 Å². The Morgan fingerprint density at radius 1 is 1.64 bits per heavy atom. The van der Waals surface area contributed by atoms with E-state index >= 15 is 0 Å². The molecule has 0 saturated heterocycles. The summed E-state index contributed by atoms with van der Waals surface area (Å²) in [5.74, 6) is 0. The Morgan fingerprint density at radius 3 is 2.82 bits per heavy atom. The first-order valence-electron chi connectivity index (χ1n) is 3.79. The highest BCUT2D eigenvalue weighted by atomic mass is 127. The van der Waals surface area contributed by atoms with Gasteiger partial charge in [-0.3, -0.25) is 4.79 Å². The van der Waals surface area contributed by atoms with Crippen LogP contribution in [0.1, 0.15) is 19.3 Å². The fraction of sp³-hybridized carbons (Fsp3) is 0.625. The summed E-state index contributed by atoms with van der Waals surface area (Å²) in [6.45, 7) is 0. The van der Waals surface area contributed by atoms with E-state index in [0.717, 1.165) is 19.3 Å². The molecule has 0 radical (unpaired) electrons. The van der Waals surface area contributed by atoms with Gasteiger partial charge in [0.15, 0.2) is 0 Å². The van der Waals surface area contributed by atoms with Crippen LogP contribution in [-0.4, -0.2) is 21.9 Å². The van der Waals surface area contributed by atoms with Gasteiger partial charge in [-0.05, 0) is 19.3 Å². The summed E-state index contributed by atoms with van der Waals surface area (Å²) in [5, 5.41) is 0. The Kier molecular flexibility index (Phi) is 3.36. The summed E-state index contributed by atoms with van der Waals surface area (Å²) in [6.07, 6.45) is 7.58. The molecule has 0 heterocycles. The molecule has 0 aliphatic heterocycles. The number of hydrogen-bond donors (Lipinski definition) is 0. The third kappa shape index (κ3) is 2.47. The molecule has 0 saturated carbocycles. The maximum absolute atomic E-state index is 10.9. The van der Waals surface area contributed by atoms with Gasteiger partial charge in [-0.15, -0.1) is 0 Å². The van der Waals surface area contributed by atoms with Gasteiger partial charge in [-0.25, -0.2) is 0 Å². The van der Waals surface area contributed by atoms with Crippen LogP contribution >= 0.6 is 22.6 Å². The molecule has 0 aromatic rings. The van der Waals surface area contributed by atoms with Crippen LogP contribution in [0.25, 0.3) is 0 Å². The predicted octanol–water partition coefficient (Wildman–Crippen LogP) is 2.58. The van der Waals surface area contributed by atoms with Crippen LogP contribution in [-0.2, 0) is 0 Å². The molecule has 3 heteroatoms. The fourth-order valence-electron chi connectivity index (χ4n) is 1.27. The highest BCUT2D eigenvalue weighted by Gasteiger charge is 2.17. The van der Waals surface area contributed by atoms with Gasteiger partial charge in [0.2, 0.25) is 0 Å². The van der Waals surface area contributed by atoms with Crippen molar-refractivity contribution in [2.45, 2.75) is 25.3 Å². The second-order valence-electron chi connectivity index (χ2n) is 2.80. The molecule has 1 unspecified atom stereocenters. The molecule has 1 aliphatic carbocycles. The van der Waals surface area contributed by atoms with Crippen LogP contribution in [0.2, 0.25) is 0 Å². The second kappa shape index (κ2) is 4.09. The fourth-order valence-corrected chi connectivity index (χ4v) is 1.67. The average molecular weight is 265 g/mol. The molecule has 0 bridgehead atoms. The number of hydrogen-bond acceptors (Lipinski definition) is 1. The Bertz CT molecular complexity index is 179. The quantitative estimate of drug-likeness (QED) is 0.309. The zero-order valence-corrected chi connectivity index (χ0v) is 8.74. The summed E-state index contributed by atoms with van der Waals surface area (Å²) >= 11 is 1.83.